The van der Waals surface area contributed by atoms with Gasteiger partial charge in [-0.3, -0.25) is 14.9 Å². The Balaban J connectivity index is 2.22. The summed E-state index contributed by atoms with van der Waals surface area (Å²) in [6.45, 7) is 1.86. The molecule has 1 amide bonds. The molecule has 0 atom stereocenters. The summed E-state index contributed by atoms with van der Waals surface area (Å²) in [7, 11) is 3.98. The third kappa shape index (κ3) is 3.74. The Morgan fingerprint density at radius 1 is 1.52 bits per heavy atom. The number of nitrogens with one attached hydrogen (secondary N) is 1. The van der Waals surface area contributed by atoms with Crippen LogP contribution in [-0.4, -0.2) is 60.1 Å². The summed E-state index contributed by atoms with van der Waals surface area (Å²) in [6.07, 6.45) is 2.79. The molecule has 1 aromatic heterocycles. The van der Waals surface area contributed by atoms with Crippen LogP contribution in [0.25, 0.3) is 0 Å². The second kappa shape index (κ2) is 6.88. The molecule has 0 aromatic carbocycles. The molecule has 1 aliphatic heterocycles. The molecule has 1 fully saturated rings. The Hall–Kier alpha value is -2.26. The van der Waals surface area contributed by atoms with Crippen LogP contribution in [0.3, 0.4) is 0 Å². The van der Waals surface area contributed by atoms with Crippen molar-refractivity contribution in [1.82, 2.24) is 9.88 Å². The molecule has 2 rings (SSSR count). The molecule has 3 N–H and O–H groups in total. The SMILES string of the molecule is CN(C)C1(CNc2ncc([N+](=O)[O-])cc2C(N)=O)CCOCC1. The highest BCUT2D eigenvalue weighted by molar-refractivity contribution is 5.98. The van der Waals surface area contributed by atoms with Gasteiger partial charge in [0.1, 0.15) is 12.0 Å². The molecule has 0 saturated carbocycles. The molecule has 2 heterocycles. The zero-order chi connectivity index (χ0) is 17.0. The zero-order valence-electron chi connectivity index (χ0n) is 13.2. The van der Waals surface area contributed by atoms with Gasteiger partial charge in [-0.25, -0.2) is 4.98 Å². The van der Waals surface area contributed by atoms with Crippen LogP contribution in [0, 0.1) is 10.1 Å². The summed E-state index contributed by atoms with van der Waals surface area (Å²) in [6, 6.07) is 1.14. The van der Waals surface area contributed by atoms with Gasteiger partial charge in [0, 0.05) is 31.4 Å². The standard InChI is InChI=1S/C14H21N5O4/c1-18(2)14(3-5-23-6-4-14)9-17-13-11(12(15)20)7-10(8-16-13)19(21)22/h7-8H,3-6,9H2,1-2H3,(H2,15,20)(H,16,17). The van der Waals surface area contributed by atoms with Crippen LogP contribution in [0.2, 0.25) is 0 Å². The van der Waals surface area contributed by atoms with Crippen molar-refractivity contribution in [3.63, 3.8) is 0 Å². The summed E-state index contributed by atoms with van der Waals surface area (Å²) < 4.78 is 5.41. The minimum absolute atomic E-state index is 0.0140. The van der Waals surface area contributed by atoms with Crippen LogP contribution < -0.4 is 11.1 Å². The minimum Gasteiger partial charge on any atom is -0.381 e. The van der Waals surface area contributed by atoms with Crippen LogP contribution in [0.5, 0.6) is 0 Å². The van der Waals surface area contributed by atoms with Crippen molar-refractivity contribution in [1.29, 1.82) is 0 Å². The maximum absolute atomic E-state index is 11.6. The van der Waals surface area contributed by atoms with Gasteiger partial charge in [-0.1, -0.05) is 0 Å². The van der Waals surface area contributed by atoms with Gasteiger partial charge in [-0.15, -0.1) is 0 Å². The highest BCUT2D eigenvalue weighted by Gasteiger charge is 2.35. The summed E-state index contributed by atoms with van der Waals surface area (Å²) in [5.41, 5.74) is 4.93. The van der Waals surface area contributed by atoms with Gasteiger partial charge in [-0.05, 0) is 26.9 Å². The van der Waals surface area contributed by atoms with E-state index in [0.717, 1.165) is 25.1 Å². The van der Waals surface area contributed by atoms with E-state index in [4.69, 9.17) is 10.5 Å². The highest BCUT2D eigenvalue weighted by atomic mass is 16.6. The molecule has 0 unspecified atom stereocenters. The number of aromatic nitrogens is 1. The predicted molar refractivity (Wildman–Crippen MR) is 84.4 cm³/mol. The molecule has 9 nitrogen and oxygen atoms in total. The van der Waals surface area contributed by atoms with E-state index < -0.39 is 10.8 Å². The van der Waals surface area contributed by atoms with E-state index in [2.05, 4.69) is 15.2 Å². The van der Waals surface area contributed by atoms with Crippen molar-refractivity contribution in [2.24, 2.45) is 5.73 Å². The van der Waals surface area contributed by atoms with E-state index >= 15 is 0 Å². The normalized spacial score (nSPS) is 17.0. The smallest absolute Gasteiger partial charge is 0.288 e. The van der Waals surface area contributed by atoms with E-state index in [0.29, 0.717) is 19.8 Å². The topological polar surface area (TPSA) is 124 Å². The lowest BCUT2D eigenvalue weighted by Crippen LogP contribution is -2.53. The second-order valence-electron chi connectivity index (χ2n) is 5.80. The molecule has 0 spiro atoms. The number of primary amides is 1. The Morgan fingerprint density at radius 3 is 2.70 bits per heavy atom. The number of pyridine rings is 1. The average Bonchev–Trinajstić information content (AvgIpc) is 2.53. The first-order valence-corrected chi connectivity index (χ1v) is 7.29. The number of ether oxygens (including phenoxy) is 1. The Bertz CT molecular complexity index is 599. The lowest BCUT2D eigenvalue weighted by atomic mass is 9.88. The Labute approximate surface area is 134 Å². The molecule has 23 heavy (non-hydrogen) atoms. The summed E-state index contributed by atoms with van der Waals surface area (Å²) in [5, 5.41) is 13.9. The Morgan fingerprint density at radius 2 is 2.17 bits per heavy atom. The van der Waals surface area contributed by atoms with Crippen molar-refractivity contribution in [2.45, 2.75) is 18.4 Å². The number of anilines is 1. The van der Waals surface area contributed by atoms with Gasteiger partial charge in [0.15, 0.2) is 0 Å². The number of hydrogen-bond acceptors (Lipinski definition) is 7. The number of carbonyl (C=O) groups excluding carboxylic acids is 1. The van der Waals surface area contributed by atoms with Crippen molar-refractivity contribution < 1.29 is 14.5 Å². The number of nitrogens with two attached hydrogens (primary N) is 1. The maximum Gasteiger partial charge on any atom is 0.288 e. The fraction of sp³-hybridized carbons (Fsp3) is 0.571. The first kappa shape index (κ1) is 17.1. The molecule has 126 valence electrons. The van der Waals surface area contributed by atoms with Crippen LogP contribution in [-0.2, 0) is 4.74 Å². The lowest BCUT2D eigenvalue weighted by Gasteiger charge is -2.43. The molecule has 9 heteroatoms. The van der Waals surface area contributed by atoms with Gasteiger partial charge in [0.2, 0.25) is 0 Å². The molecular formula is C14H21N5O4. The monoisotopic (exact) mass is 323 g/mol. The summed E-state index contributed by atoms with van der Waals surface area (Å²) >= 11 is 0. The molecular weight excluding hydrogens is 302 g/mol. The molecule has 0 bridgehead atoms. The molecule has 0 aliphatic carbocycles. The van der Waals surface area contributed by atoms with Crippen LogP contribution in [0.1, 0.15) is 23.2 Å². The number of nitrogens with zero attached hydrogens (tertiary/aromatic N) is 3. The van der Waals surface area contributed by atoms with Crippen LogP contribution in [0.15, 0.2) is 12.3 Å². The number of carbonyl (C=O) groups is 1. The lowest BCUT2D eigenvalue weighted by molar-refractivity contribution is -0.385. The van der Waals surface area contributed by atoms with E-state index in [9.17, 15) is 14.9 Å². The largest absolute Gasteiger partial charge is 0.381 e. The number of rotatable bonds is 6. The van der Waals surface area contributed by atoms with E-state index in [-0.39, 0.29) is 22.6 Å². The summed E-state index contributed by atoms with van der Waals surface area (Å²) in [5.74, 6) is -0.495. The molecule has 1 aromatic rings. The zero-order valence-corrected chi connectivity index (χ0v) is 13.2. The third-order valence-corrected chi connectivity index (χ3v) is 4.31. The van der Waals surface area contributed by atoms with Gasteiger partial charge >= 0.3 is 0 Å². The average molecular weight is 323 g/mol. The quantitative estimate of drug-likeness (QED) is 0.580. The van der Waals surface area contributed by atoms with Gasteiger partial charge in [0.25, 0.3) is 11.6 Å². The van der Waals surface area contributed by atoms with Gasteiger partial charge in [-0.2, -0.15) is 0 Å². The van der Waals surface area contributed by atoms with E-state index in [1.165, 1.54) is 0 Å². The molecule has 1 aliphatic rings. The summed E-state index contributed by atoms with van der Waals surface area (Å²) in [4.78, 5) is 27.9. The number of hydrogen-bond donors (Lipinski definition) is 2. The van der Waals surface area contributed by atoms with Crippen molar-refractivity contribution >= 4 is 17.4 Å². The second-order valence-corrected chi connectivity index (χ2v) is 5.80. The predicted octanol–water partition coefficient (Wildman–Crippen LogP) is 0.611. The van der Waals surface area contributed by atoms with Crippen molar-refractivity contribution in [3.05, 3.63) is 27.9 Å². The third-order valence-electron chi connectivity index (χ3n) is 4.31. The maximum atomic E-state index is 11.6. The molecule has 0 radical (unpaired) electrons. The number of likely N-dealkylation sites (N-methyl/N-ethyl adjacent to an activating group) is 1. The highest BCUT2D eigenvalue weighted by Crippen LogP contribution is 2.27. The first-order chi connectivity index (χ1) is 10.9. The van der Waals surface area contributed by atoms with Gasteiger partial charge < -0.3 is 20.7 Å². The minimum atomic E-state index is -0.755. The first-order valence-electron chi connectivity index (χ1n) is 7.29. The molecule has 1 saturated heterocycles. The fourth-order valence-corrected chi connectivity index (χ4v) is 2.66. The van der Waals surface area contributed by atoms with E-state index in [1.54, 1.807) is 0 Å². The number of amides is 1. The van der Waals surface area contributed by atoms with E-state index in [1.807, 2.05) is 14.1 Å². The van der Waals surface area contributed by atoms with Crippen LogP contribution >= 0.6 is 0 Å². The Kier molecular flexibility index (Phi) is 5.12. The van der Waals surface area contributed by atoms with Crippen molar-refractivity contribution in [2.75, 3.05) is 39.2 Å². The van der Waals surface area contributed by atoms with Crippen molar-refractivity contribution in [3.8, 4) is 0 Å². The number of nitro groups is 1. The fourth-order valence-electron chi connectivity index (χ4n) is 2.66. The van der Waals surface area contributed by atoms with Crippen LogP contribution in [0.4, 0.5) is 11.5 Å². The van der Waals surface area contributed by atoms with Gasteiger partial charge in [0.05, 0.1) is 10.5 Å².